The fourth-order valence-corrected chi connectivity index (χ4v) is 4.79. The fraction of sp³-hybridized carbons (Fsp3) is 0.556. The van der Waals surface area contributed by atoms with E-state index in [2.05, 4.69) is 5.32 Å². The van der Waals surface area contributed by atoms with E-state index < -0.39 is 44.7 Å². The van der Waals surface area contributed by atoms with Gasteiger partial charge in [-0.25, -0.2) is 13.2 Å². The van der Waals surface area contributed by atoms with Crippen LogP contribution in [0.1, 0.15) is 33.6 Å². The molecule has 7 nitrogen and oxygen atoms in total. The molecule has 0 bridgehead atoms. The van der Waals surface area contributed by atoms with Crippen molar-refractivity contribution >= 4 is 21.9 Å². The van der Waals surface area contributed by atoms with Gasteiger partial charge in [0.25, 0.3) is 0 Å². The summed E-state index contributed by atoms with van der Waals surface area (Å²) in [6, 6.07) is 7.84. The van der Waals surface area contributed by atoms with E-state index in [9.17, 15) is 18.0 Å². The van der Waals surface area contributed by atoms with Gasteiger partial charge in [-0.1, -0.05) is 18.2 Å². The topological polar surface area (TPSA) is 98.8 Å². The van der Waals surface area contributed by atoms with Crippen molar-refractivity contribution in [3.63, 3.8) is 0 Å². The number of amides is 1. The smallest absolute Gasteiger partial charge is 0.408 e. The summed E-state index contributed by atoms with van der Waals surface area (Å²) in [5.74, 6) is -1.61. The van der Waals surface area contributed by atoms with Gasteiger partial charge in [-0.3, -0.25) is 4.79 Å². The molecule has 3 atom stereocenters. The van der Waals surface area contributed by atoms with Gasteiger partial charge in [0.2, 0.25) is 0 Å². The van der Waals surface area contributed by atoms with Gasteiger partial charge < -0.3 is 14.8 Å². The van der Waals surface area contributed by atoms with Crippen molar-refractivity contribution in [3.8, 4) is 0 Å². The lowest BCUT2D eigenvalue weighted by molar-refractivity contribution is -0.151. The van der Waals surface area contributed by atoms with E-state index in [0.717, 1.165) is 0 Å². The van der Waals surface area contributed by atoms with Gasteiger partial charge in [-0.05, 0) is 45.7 Å². The second-order valence-electron chi connectivity index (χ2n) is 7.30. The van der Waals surface area contributed by atoms with Crippen molar-refractivity contribution in [1.29, 1.82) is 0 Å². The first-order chi connectivity index (χ1) is 12.1. The van der Waals surface area contributed by atoms with E-state index in [1.807, 2.05) is 0 Å². The lowest BCUT2D eigenvalue weighted by Gasteiger charge is -2.39. The lowest BCUT2D eigenvalue weighted by Crippen LogP contribution is -2.54. The normalized spacial score (nSPS) is 21.2. The number of benzene rings is 1. The first-order valence-electron chi connectivity index (χ1n) is 8.42. The summed E-state index contributed by atoms with van der Waals surface area (Å²) in [5.41, 5.74) is -0.771. The molecule has 1 aromatic rings. The predicted molar refractivity (Wildman–Crippen MR) is 95.0 cm³/mol. The van der Waals surface area contributed by atoms with Gasteiger partial charge in [0, 0.05) is 5.92 Å². The standard InChI is InChI=1S/C18H25NO6S/c1-18(2,3)25-17(21)19-15(13-10-11-14(13)16(20)24-4)26(22,23)12-8-6-5-7-9-12/h5-9,13-15H,10-11H2,1-4H3,(H,19,21)/t13-,14?,15?/m0/s1. The Morgan fingerprint density at radius 1 is 1.15 bits per heavy atom. The molecule has 0 radical (unpaired) electrons. The Labute approximate surface area is 154 Å². The second-order valence-corrected chi connectivity index (χ2v) is 9.37. The van der Waals surface area contributed by atoms with Crippen LogP contribution in [0, 0.1) is 11.8 Å². The highest BCUT2D eigenvalue weighted by atomic mass is 32.2. The average Bonchev–Trinajstić information content (AvgIpc) is 2.52. The maximum absolute atomic E-state index is 13.1. The molecule has 1 aromatic carbocycles. The van der Waals surface area contributed by atoms with Crippen molar-refractivity contribution < 1.29 is 27.5 Å². The molecule has 1 aliphatic rings. The van der Waals surface area contributed by atoms with Crippen LogP contribution in [0.2, 0.25) is 0 Å². The summed E-state index contributed by atoms with van der Waals surface area (Å²) in [5, 5.41) is 1.20. The molecule has 0 saturated heterocycles. The fourth-order valence-electron chi connectivity index (χ4n) is 2.93. The Hall–Kier alpha value is -2.09. The molecule has 0 aromatic heterocycles. The third kappa shape index (κ3) is 4.55. The Morgan fingerprint density at radius 2 is 1.77 bits per heavy atom. The summed E-state index contributed by atoms with van der Waals surface area (Å²) >= 11 is 0. The third-order valence-electron chi connectivity index (χ3n) is 4.29. The van der Waals surface area contributed by atoms with Crippen LogP contribution in [-0.2, 0) is 24.1 Å². The highest BCUT2D eigenvalue weighted by molar-refractivity contribution is 7.92. The molecule has 0 heterocycles. The summed E-state index contributed by atoms with van der Waals surface area (Å²) in [6.45, 7) is 5.07. The van der Waals surface area contributed by atoms with Crippen molar-refractivity contribution in [2.24, 2.45) is 11.8 Å². The highest BCUT2D eigenvalue weighted by Gasteiger charge is 2.48. The molecular weight excluding hydrogens is 358 g/mol. The Balaban J connectivity index is 2.33. The van der Waals surface area contributed by atoms with E-state index in [4.69, 9.17) is 9.47 Å². The molecule has 144 valence electrons. The van der Waals surface area contributed by atoms with E-state index in [0.29, 0.717) is 12.8 Å². The van der Waals surface area contributed by atoms with Crippen LogP contribution in [0.25, 0.3) is 0 Å². The highest BCUT2D eigenvalue weighted by Crippen LogP contribution is 2.40. The monoisotopic (exact) mass is 383 g/mol. The molecule has 1 amide bonds. The molecule has 1 N–H and O–H groups in total. The Morgan fingerprint density at radius 3 is 2.23 bits per heavy atom. The van der Waals surface area contributed by atoms with Crippen LogP contribution in [0.5, 0.6) is 0 Å². The molecular formula is C18H25NO6S. The summed E-state index contributed by atoms with van der Waals surface area (Å²) in [6.07, 6.45) is 0.179. The molecule has 1 aliphatic carbocycles. The van der Waals surface area contributed by atoms with E-state index in [-0.39, 0.29) is 4.90 Å². The predicted octanol–water partition coefficient (Wildman–Crippen LogP) is 2.51. The van der Waals surface area contributed by atoms with Gasteiger partial charge >= 0.3 is 12.1 Å². The van der Waals surface area contributed by atoms with E-state index >= 15 is 0 Å². The minimum absolute atomic E-state index is 0.0802. The number of sulfone groups is 1. The molecule has 2 rings (SSSR count). The minimum Gasteiger partial charge on any atom is -0.469 e. The van der Waals surface area contributed by atoms with E-state index in [1.54, 1.807) is 39.0 Å². The van der Waals surface area contributed by atoms with Gasteiger partial charge in [0.1, 0.15) is 11.0 Å². The zero-order chi connectivity index (χ0) is 19.5. The van der Waals surface area contributed by atoms with Crippen molar-refractivity contribution in [1.82, 2.24) is 5.32 Å². The zero-order valence-corrected chi connectivity index (χ0v) is 16.2. The molecule has 26 heavy (non-hydrogen) atoms. The minimum atomic E-state index is -3.91. The molecule has 1 fully saturated rings. The second kappa shape index (κ2) is 7.65. The Kier molecular flexibility index (Phi) is 5.95. The van der Waals surface area contributed by atoms with Gasteiger partial charge in [-0.15, -0.1) is 0 Å². The van der Waals surface area contributed by atoms with E-state index in [1.165, 1.54) is 19.2 Å². The van der Waals surface area contributed by atoms with Gasteiger partial charge in [0.15, 0.2) is 9.84 Å². The maximum Gasteiger partial charge on any atom is 0.408 e. The third-order valence-corrected chi connectivity index (χ3v) is 6.35. The number of methoxy groups -OCH3 is 1. The molecule has 0 aliphatic heterocycles. The number of carbonyl (C=O) groups excluding carboxylic acids is 2. The van der Waals surface area contributed by atoms with Crippen molar-refractivity contribution in [2.75, 3.05) is 7.11 Å². The maximum atomic E-state index is 13.1. The number of alkyl carbamates (subject to hydrolysis) is 1. The Bertz CT molecular complexity index is 754. The number of rotatable bonds is 5. The number of hydrogen-bond acceptors (Lipinski definition) is 6. The van der Waals surface area contributed by atoms with Crippen molar-refractivity contribution in [2.45, 2.75) is 49.5 Å². The lowest BCUT2D eigenvalue weighted by atomic mass is 9.73. The van der Waals surface area contributed by atoms with Crippen LogP contribution in [0.15, 0.2) is 35.2 Å². The van der Waals surface area contributed by atoms with Crippen LogP contribution >= 0.6 is 0 Å². The quantitative estimate of drug-likeness (QED) is 0.785. The van der Waals surface area contributed by atoms with Crippen LogP contribution in [0.3, 0.4) is 0 Å². The number of esters is 1. The molecule has 0 spiro atoms. The molecule has 2 unspecified atom stereocenters. The number of carbonyl (C=O) groups is 2. The first-order valence-corrected chi connectivity index (χ1v) is 9.97. The molecule has 1 saturated carbocycles. The van der Waals surface area contributed by atoms with Crippen LogP contribution < -0.4 is 5.32 Å². The summed E-state index contributed by atoms with van der Waals surface area (Å²) < 4.78 is 36.2. The van der Waals surface area contributed by atoms with Gasteiger partial charge in [-0.2, -0.15) is 0 Å². The van der Waals surface area contributed by atoms with Crippen LogP contribution in [0.4, 0.5) is 4.79 Å². The summed E-state index contributed by atoms with van der Waals surface area (Å²) in [7, 11) is -2.64. The SMILES string of the molecule is COC(=O)C1CC[C@@H]1C(NC(=O)OC(C)(C)C)S(=O)(=O)c1ccccc1. The number of nitrogens with one attached hydrogen (secondary N) is 1. The van der Waals surface area contributed by atoms with Crippen molar-refractivity contribution in [3.05, 3.63) is 30.3 Å². The number of ether oxygens (including phenoxy) is 2. The zero-order valence-electron chi connectivity index (χ0n) is 15.4. The van der Waals surface area contributed by atoms with Gasteiger partial charge in [0.05, 0.1) is 17.9 Å². The number of hydrogen-bond donors (Lipinski definition) is 1. The summed E-state index contributed by atoms with van der Waals surface area (Å²) in [4.78, 5) is 24.2. The van der Waals surface area contributed by atoms with Crippen LogP contribution in [-0.4, -0.2) is 38.6 Å². The first kappa shape index (κ1) is 20.2. The average molecular weight is 383 g/mol. The largest absolute Gasteiger partial charge is 0.469 e. The molecule has 8 heteroatoms.